The summed E-state index contributed by atoms with van der Waals surface area (Å²) in [5.41, 5.74) is 0. The molecule has 1 aromatic rings. The van der Waals surface area contributed by atoms with Crippen LogP contribution in [0.15, 0.2) is 9.47 Å². The van der Waals surface area contributed by atoms with Crippen LogP contribution in [0.25, 0.3) is 0 Å². The van der Waals surface area contributed by atoms with Gasteiger partial charge in [-0.15, -0.1) is 5.10 Å². The third-order valence-corrected chi connectivity index (χ3v) is 3.52. The molecule has 1 amide bonds. The number of carbonyl (C=O) groups is 1. The van der Waals surface area contributed by atoms with Crippen molar-refractivity contribution in [3.8, 4) is 0 Å². The fourth-order valence-corrected chi connectivity index (χ4v) is 2.74. The van der Waals surface area contributed by atoms with E-state index in [1.54, 1.807) is 4.68 Å². The quantitative estimate of drug-likeness (QED) is 0.816. The zero-order chi connectivity index (χ0) is 11.5. The summed E-state index contributed by atoms with van der Waals surface area (Å²) in [6.07, 6.45) is 3.43. The molecule has 88 valence electrons. The second kappa shape index (κ2) is 5.27. The standard InChI is InChI=1S/C9H12Br2N4O/c10-8-12-9(11)15(13-8)6-7(16)14-4-2-1-3-5-14/h1-6H2. The third kappa shape index (κ3) is 2.82. The van der Waals surface area contributed by atoms with E-state index in [0.717, 1.165) is 25.9 Å². The maximum absolute atomic E-state index is 11.9. The fraction of sp³-hybridized carbons (Fsp3) is 0.667. The summed E-state index contributed by atoms with van der Waals surface area (Å²) in [6.45, 7) is 1.98. The molecule has 1 saturated heterocycles. The maximum Gasteiger partial charge on any atom is 0.244 e. The lowest BCUT2D eigenvalue weighted by Crippen LogP contribution is -2.38. The highest BCUT2D eigenvalue weighted by atomic mass is 79.9. The van der Waals surface area contributed by atoms with E-state index in [2.05, 4.69) is 41.9 Å². The number of aromatic nitrogens is 3. The van der Waals surface area contributed by atoms with E-state index in [1.807, 2.05) is 4.90 Å². The van der Waals surface area contributed by atoms with E-state index in [0.29, 0.717) is 9.47 Å². The number of likely N-dealkylation sites (tertiary alicyclic amines) is 1. The monoisotopic (exact) mass is 350 g/mol. The van der Waals surface area contributed by atoms with Crippen molar-refractivity contribution >= 4 is 37.8 Å². The van der Waals surface area contributed by atoms with Crippen LogP contribution in [0.2, 0.25) is 0 Å². The second-order valence-corrected chi connectivity index (χ2v) is 5.17. The van der Waals surface area contributed by atoms with Crippen molar-refractivity contribution in [2.24, 2.45) is 0 Å². The summed E-state index contributed by atoms with van der Waals surface area (Å²) in [5.74, 6) is 0.109. The topological polar surface area (TPSA) is 51.0 Å². The predicted molar refractivity (Wildman–Crippen MR) is 65.9 cm³/mol. The Morgan fingerprint density at radius 2 is 1.94 bits per heavy atom. The Hall–Kier alpha value is -0.430. The molecule has 2 heterocycles. The van der Waals surface area contributed by atoms with Crippen LogP contribution in [0.1, 0.15) is 19.3 Å². The van der Waals surface area contributed by atoms with Crippen molar-refractivity contribution in [2.75, 3.05) is 13.1 Å². The largest absolute Gasteiger partial charge is 0.341 e. The van der Waals surface area contributed by atoms with Gasteiger partial charge < -0.3 is 4.90 Å². The van der Waals surface area contributed by atoms with Crippen molar-refractivity contribution < 1.29 is 4.79 Å². The van der Waals surface area contributed by atoms with Gasteiger partial charge in [-0.25, -0.2) is 4.68 Å². The molecular weight excluding hydrogens is 340 g/mol. The van der Waals surface area contributed by atoms with Crippen molar-refractivity contribution in [3.63, 3.8) is 0 Å². The SMILES string of the molecule is O=C(Cn1nc(Br)nc1Br)N1CCCCC1. The summed E-state index contributed by atoms with van der Waals surface area (Å²) in [7, 11) is 0. The Bertz CT molecular complexity index is 387. The molecule has 2 rings (SSSR count). The van der Waals surface area contributed by atoms with Gasteiger partial charge in [-0.2, -0.15) is 4.98 Å². The van der Waals surface area contributed by atoms with Gasteiger partial charge in [0.1, 0.15) is 6.54 Å². The lowest BCUT2D eigenvalue weighted by Gasteiger charge is -2.26. The van der Waals surface area contributed by atoms with Gasteiger partial charge in [0.2, 0.25) is 10.6 Å². The van der Waals surface area contributed by atoms with Gasteiger partial charge in [-0.3, -0.25) is 4.79 Å². The predicted octanol–water partition coefficient (Wildman–Crippen LogP) is 1.82. The minimum atomic E-state index is 0.109. The molecular formula is C9H12Br2N4O. The molecule has 0 spiro atoms. The Morgan fingerprint density at radius 3 is 2.50 bits per heavy atom. The van der Waals surface area contributed by atoms with E-state index in [1.165, 1.54) is 6.42 Å². The smallest absolute Gasteiger partial charge is 0.244 e. The molecule has 0 unspecified atom stereocenters. The number of rotatable bonds is 2. The Morgan fingerprint density at radius 1 is 1.25 bits per heavy atom. The zero-order valence-corrected chi connectivity index (χ0v) is 11.9. The molecule has 5 nitrogen and oxygen atoms in total. The molecule has 16 heavy (non-hydrogen) atoms. The summed E-state index contributed by atoms with van der Waals surface area (Å²) in [4.78, 5) is 17.8. The van der Waals surface area contributed by atoms with Crippen LogP contribution in [0.3, 0.4) is 0 Å². The molecule has 1 aromatic heterocycles. The highest BCUT2D eigenvalue weighted by Crippen LogP contribution is 2.13. The Labute approximate surface area is 110 Å². The fourth-order valence-electron chi connectivity index (χ4n) is 1.77. The summed E-state index contributed by atoms with van der Waals surface area (Å²) in [5, 5.41) is 4.07. The molecule has 0 N–H and O–H groups in total. The summed E-state index contributed by atoms with van der Waals surface area (Å²) < 4.78 is 2.62. The first-order valence-corrected chi connectivity index (χ1v) is 6.79. The van der Waals surface area contributed by atoms with Crippen molar-refractivity contribution in [1.29, 1.82) is 0 Å². The highest BCUT2D eigenvalue weighted by Gasteiger charge is 2.18. The normalized spacial score (nSPS) is 16.5. The van der Waals surface area contributed by atoms with Gasteiger partial charge in [-0.1, -0.05) is 0 Å². The van der Waals surface area contributed by atoms with Crippen LogP contribution >= 0.6 is 31.9 Å². The van der Waals surface area contributed by atoms with Crippen molar-refractivity contribution in [1.82, 2.24) is 19.7 Å². The van der Waals surface area contributed by atoms with Gasteiger partial charge in [-0.05, 0) is 51.1 Å². The van der Waals surface area contributed by atoms with Gasteiger partial charge in [0, 0.05) is 13.1 Å². The Balaban J connectivity index is 1.98. The first-order chi connectivity index (χ1) is 7.66. The zero-order valence-electron chi connectivity index (χ0n) is 8.70. The van der Waals surface area contributed by atoms with Crippen molar-refractivity contribution in [2.45, 2.75) is 25.8 Å². The second-order valence-electron chi connectivity index (χ2n) is 3.75. The Kier molecular flexibility index (Phi) is 3.96. The van der Waals surface area contributed by atoms with Crippen LogP contribution in [-0.4, -0.2) is 38.7 Å². The lowest BCUT2D eigenvalue weighted by atomic mass is 10.1. The molecule has 0 saturated carbocycles. The average Bonchev–Trinajstić information content (AvgIpc) is 2.59. The van der Waals surface area contributed by atoms with E-state index in [9.17, 15) is 4.79 Å². The number of halogens is 2. The van der Waals surface area contributed by atoms with Crippen LogP contribution in [0, 0.1) is 0 Å². The maximum atomic E-state index is 11.9. The highest BCUT2D eigenvalue weighted by molar-refractivity contribution is 9.11. The molecule has 1 aliphatic heterocycles. The van der Waals surface area contributed by atoms with Crippen LogP contribution < -0.4 is 0 Å². The molecule has 1 aliphatic rings. The van der Waals surface area contributed by atoms with Gasteiger partial charge in [0.15, 0.2) is 4.73 Å². The molecule has 0 radical (unpaired) electrons. The van der Waals surface area contributed by atoms with Crippen LogP contribution in [-0.2, 0) is 11.3 Å². The molecule has 0 bridgehead atoms. The summed E-state index contributed by atoms with van der Waals surface area (Å²) >= 11 is 6.43. The number of hydrogen-bond donors (Lipinski definition) is 0. The first kappa shape index (κ1) is 12.0. The van der Waals surface area contributed by atoms with Crippen LogP contribution in [0.5, 0.6) is 0 Å². The average molecular weight is 352 g/mol. The van der Waals surface area contributed by atoms with Crippen molar-refractivity contribution in [3.05, 3.63) is 9.47 Å². The number of carbonyl (C=O) groups excluding carboxylic acids is 1. The number of piperidine rings is 1. The van der Waals surface area contributed by atoms with E-state index < -0.39 is 0 Å². The van der Waals surface area contributed by atoms with E-state index in [-0.39, 0.29) is 12.5 Å². The summed E-state index contributed by atoms with van der Waals surface area (Å²) in [6, 6.07) is 0. The van der Waals surface area contributed by atoms with Crippen LogP contribution in [0.4, 0.5) is 0 Å². The van der Waals surface area contributed by atoms with Gasteiger partial charge in [0.05, 0.1) is 0 Å². The number of amides is 1. The minimum absolute atomic E-state index is 0.109. The number of hydrogen-bond acceptors (Lipinski definition) is 3. The molecule has 0 atom stereocenters. The van der Waals surface area contributed by atoms with E-state index >= 15 is 0 Å². The van der Waals surface area contributed by atoms with E-state index in [4.69, 9.17) is 0 Å². The molecule has 0 aliphatic carbocycles. The molecule has 0 aromatic carbocycles. The molecule has 7 heteroatoms. The lowest BCUT2D eigenvalue weighted by molar-refractivity contribution is -0.132. The first-order valence-electron chi connectivity index (χ1n) is 5.20. The number of nitrogens with zero attached hydrogens (tertiary/aromatic N) is 4. The van der Waals surface area contributed by atoms with Gasteiger partial charge >= 0.3 is 0 Å². The van der Waals surface area contributed by atoms with Gasteiger partial charge in [0.25, 0.3) is 0 Å². The molecule has 1 fully saturated rings. The minimum Gasteiger partial charge on any atom is -0.341 e. The third-order valence-electron chi connectivity index (χ3n) is 2.59.